The van der Waals surface area contributed by atoms with Crippen LogP contribution in [0.25, 0.3) is 0 Å². The predicted octanol–water partition coefficient (Wildman–Crippen LogP) is 1.81. The molecule has 1 aliphatic carbocycles. The third kappa shape index (κ3) is 3.97. The molecule has 0 aromatic heterocycles. The summed E-state index contributed by atoms with van der Waals surface area (Å²) < 4.78 is 38.4. The maximum atomic E-state index is 12.5. The Morgan fingerprint density at radius 3 is 2.52 bits per heavy atom. The summed E-state index contributed by atoms with van der Waals surface area (Å²) in [6, 6.07) is 4.75. The molecular weight excluding hydrogens is 316 g/mol. The Morgan fingerprint density at radius 2 is 1.83 bits per heavy atom. The van der Waals surface area contributed by atoms with Crippen LogP contribution in [0.15, 0.2) is 23.1 Å². The van der Waals surface area contributed by atoms with Crippen LogP contribution in [0.2, 0.25) is 0 Å². The van der Waals surface area contributed by atoms with Gasteiger partial charge in [0.2, 0.25) is 16.8 Å². The highest BCUT2D eigenvalue weighted by molar-refractivity contribution is 7.89. The fraction of sp³-hybridized carbons (Fsp3) is 0.625. The zero-order valence-corrected chi connectivity index (χ0v) is 14.4. The molecule has 0 unspecified atom stereocenters. The van der Waals surface area contributed by atoms with Gasteiger partial charge in [-0.25, -0.2) is 13.1 Å². The minimum Gasteiger partial charge on any atom is -0.454 e. The Labute approximate surface area is 137 Å². The number of sulfonamides is 1. The van der Waals surface area contributed by atoms with Crippen molar-refractivity contribution in [1.82, 2.24) is 9.62 Å². The van der Waals surface area contributed by atoms with Gasteiger partial charge in [-0.1, -0.05) is 0 Å². The van der Waals surface area contributed by atoms with Gasteiger partial charge < -0.3 is 14.4 Å². The first kappa shape index (κ1) is 16.5. The molecule has 0 atom stereocenters. The monoisotopic (exact) mass is 340 g/mol. The molecule has 3 rings (SSSR count). The Bertz CT molecular complexity index is 652. The number of nitrogens with one attached hydrogen (secondary N) is 1. The van der Waals surface area contributed by atoms with Crippen LogP contribution in [0, 0.1) is 5.92 Å². The van der Waals surface area contributed by atoms with Crippen LogP contribution in [0.3, 0.4) is 0 Å². The summed E-state index contributed by atoms with van der Waals surface area (Å²) in [7, 11) is 0.638. The van der Waals surface area contributed by atoms with E-state index < -0.39 is 10.0 Å². The lowest BCUT2D eigenvalue weighted by Gasteiger charge is -2.30. The fourth-order valence-electron chi connectivity index (χ4n) is 3.31. The number of ether oxygens (including phenoxy) is 2. The molecule has 1 fully saturated rings. The molecule has 2 aliphatic rings. The smallest absolute Gasteiger partial charge is 0.240 e. The van der Waals surface area contributed by atoms with E-state index in [1.165, 1.54) is 6.07 Å². The molecule has 1 aliphatic heterocycles. The van der Waals surface area contributed by atoms with Crippen LogP contribution < -0.4 is 14.2 Å². The summed E-state index contributed by atoms with van der Waals surface area (Å²) in [5.74, 6) is 1.74. The van der Waals surface area contributed by atoms with Crippen molar-refractivity contribution in [3.05, 3.63) is 18.2 Å². The summed E-state index contributed by atoms with van der Waals surface area (Å²) in [4.78, 5) is 2.43. The highest BCUT2D eigenvalue weighted by atomic mass is 32.2. The number of hydrogen-bond acceptors (Lipinski definition) is 5. The molecule has 1 heterocycles. The minimum atomic E-state index is -3.52. The summed E-state index contributed by atoms with van der Waals surface area (Å²) in [6.07, 6.45) is 3.91. The Hall–Kier alpha value is -1.31. The average Bonchev–Trinajstić information content (AvgIpc) is 2.96. The molecule has 7 heteroatoms. The topological polar surface area (TPSA) is 67.9 Å². The van der Waals surface area contributed by atoms with Crippen molar-refractivity contribution in [2.75, 3.05) is 27.4 Å². The number of rotatable bonds is 5. The minimum absolute atomic E-state index is 0.0174. The second-order valence-corrected chi connectivity index (χ2v) is 8.33. The van der Waals surface area contributed by atoms with Gasteiger partial charge in [0.15, 0.2) is 11.5 Å². The molecular formula is C16H24N2O4S. The molecule has 1 aromatic rings. The van der Waals surface area contributed by atoms with Crippen molar-refractivity contribution in [1.29, 1.82) is 0 Å². The molecule has 0 radical (unpaired) electrons. The SMILES string of the molecule is CN(C)CC1CCC(NS(=O)(=O)c2ccc3c(c2)OCO3)CC1. The van der Waals surface area contributed by atoms with Gasteiger partial charge in [0, 0.05) is 18.7 Å². The number of nitrogens with zero attached hydrogens (tertiary/aromatic N) is 1. The van der Waals surface area contributed by atoms with E-state index in [2.05, 4.69) is 23.7 Å². The number of hydrogen-bond donors (Lipinski definition) is 1. The molecule has 0 amide bonds. The molecule has 1 aromatic carbocycles. The molecule has 1 saturated carbocycles. The van der Waals surface area contributed by atoms with Crippen LogP contribution in [0.1, 0.15) is 25.7 Å². The van der Waals surface area contributed by atoms with Crippen molar-refractivity contribution in [2.45, 2.75) is 36.6 Å². The number of fused-ring (bicyclic) bond motifs is 1. The van der Waals surface area contributed by atoms with E-state index >= 15 is 0 Å². The fourth-order valence-corrected chi connectivity index (χ4v) is 4.63. The van der Waals surface area contributed by atoms with E-state index in [0.29, 0.717) is 17.4 Å². The van der Waals surface area contributed by atoms with Crippen LogP contribution in [-0.4, -0.2) is 46.8 Å². The maximum Gasteiger partial charge on any atom is 0.240 e. The zero-order valence-electron chi connectivity index (χ0n) is 13.6. The standard InChI is InChI=1S/C16H24N2O4S/c1-18(2)10-12-3-5-13(6-4-12)17-23(19,20)14-7-8-15-16(9-14)22-11-21-15/h7-9,12-13,17H,3-6,10-11H2,1-2H3. The third-order valence-corrected chi connectivity index (χ3v) is 5.96. The molecule has 23 heavy (non-hydrogen) atoms. The van der Waals surface area contributed by atoms with E-state index in [1.807, 2.05) is 0 Å². The Kier molecular flexibility index (Phi) is 4.79. The zero-order chi connectivity index (χ0) is 16.4. The molecule has 0 spiro atoms. The normalized spacial score (nSPS) is 24.1. The van der Waals surface area contributed by atoms with Crippen molar-refractivity contribution in [3.63, 3.8) is 0 Å². The van der Waals surface area contributed by atoms with Crippen molar-refractivity contribution >= 4 is 10.0 Å². The van der Waals surface area contributed by atoms with Crippen LogP contribution in [-0.2, 0) is 10.0 Å². The lowest BCUT2D eigenvalue weighted by atomic mass is 9.86. The van der Waals surface area contributed by atoms with Gasteiger partial charge in [0.05, 0.1) is 4.90 Å². The molecule has 0 bridgehead atoms. The lowest BCUT2D eigenvalue weighted by Crippen LogP contribution is -2.38. The largest absolute Gasteiger partial charge is 0.454 e. The van der Waals surface area contributed by atoms with Crippen molar-refractivity contribution in [3.8, 4) is 11.5 Å². The third-order valence-electron chi connectivity index (χ3n) is 4.45. The molecule has 128 valence electrons. The molecule has 1 N–H and O–H groups in total. The van der Waals surface area contributed by atoms with Gasteiger partial charge >= 0.3 is 0 Å². The van der Waals surface area contributed by atoms with Gasteiger partial charge in [-0.15, -0.1) is 0 Å². The highest BCUT2D eigenvalue weighted by Gasteiger charge is 2.27. The van der Waals surface area contributed by atoms with E-state index in [1.54, 1.807) is 12.1 Å². The number of benzene rings is 1. The Morgan fingerprint density at radius 1 is 1.13 bits per heavy atom. The van der Waals surface area contributed by atoms with Gasteiger partial charge in [-0.2, -0.15) is 0 Å². The summed E-state index contributed by atoms with van der Waals surface area (Å²) in [5.41, 5.74) is 0. The van der Waals surface area contributed by atoms with Crippen LogP contribution in [0.5, 0.6) is 11.5 Å². The van der Waals surface area contributed by atoms with Crippen LogP contribution >= 0.6 is 0 Å². The lowest BCUT2D eigenvalue weighted by molar-refractivity contribution is 0.174. The van der Waals surface area contributed by atoms with Crippen LogP contribution in [0.4, 0.5) is 0 Å². The van der Waals surface area contributed by atoms with Gasteiger partial charge in [0.25, 0.3) is 0 Å². The first-order valence-electron chi connectivity index (χ1n) is 8.01. The summed E-state index contributed by atoms with van der Waals surface area (Å²) in [6.45, 7) is 1.21. The first-order chi connectivity index (χ1) is 10.9. The van der Waals surface area contributed by atoms with Gasteiger partial charge in [0.1, 0.15) is 0 Å². The van der Waals surface area contributed by atoms with E-state index in [-0.39, 0.29) is 17.7 Å². The average molecular weight is 340 g/mol. The Balaban J connectivity index is 1.61. The second-order valence-electron chi connectivity index (χ2n) is 6.62. The maximum absolute atomic E-state index is 12.5. The molecule has 6 nitrogen and oxygen atoms in total. The summed E-state index contributed by atoms with van der Waals surface area (Å²) >= 11 is 0. The van der Waals surface area contributed by atoms with Gasteiger partial charge in [-0.3, -0.25) is 0 Å². The van der Waals surface area contributed by atoms with Crippen molar-refractivity contribution in [2.24, 2.45) is 5.92 Å². The second kappa shape index (κ2) is 6.67. The predicted molar refractivity (Wildman–Crippen MR) is 87.2 cm³/mol. The van der Waals surface area contributed by atoms with E-state index in [0.717, 1.165) is 32.2 Å². The quantitative estimate of drug-likeness (QED) is 0.885. The molecule has 0 saturated heterocycles. The summed E-state index contributed by atoms with van der Waals surface area (Å²) in [5, 5.41) is 0. The first-order valence-corrected chi connectivity index (χ1v) is 9.49. The van der Waals surface area contributed by atoms with E-state index in [4.69, 9.17) is 9.47 Å². The van der Waals surface area contributed by atoms with Crippen molar-refractivity contribution < 1.29 is 17.9 Å². The van der Waals surface area contributed by atoms with Gasteiger partial charge in [-0.05, 0) is 57.8 Å². The highest BCUT2D eigenvalue weighted by Crippen LogP contribution is 2.34. The van der Waals surface area contributed by atoms with E-state index in [9.17, 15) is 8.42 Å².